The van der Waals surface area contributed by atoms with Crippen molar-refractivity contribution in [3.8, 4) is 0 Å². The molecule has 1 atom stereocenters. The average Bonchev–Trinajstić information content (AvgIpc) is 2.70. The summed E-state index contributed by atoms with van der Waals surface area (Å²) in [5.41, 5.74) is 0. The molecule has 5 heteroatoms. The van der Waals surface area contributed by atoms with Gasteiger partial charge in [-0.2, -0.15) is 0 Å². The molecule has 1 unspecified atom stereocenters. The van der Waals surface area contributed by atoms with Gasteiger partial charge in [-0.05, 0) is 24.5 Å². The van der Waals surface area contributed by atoms with Gasteiger partial charge in [-0.25, -0.2) is 0 Å². The van der Waals surface area contributed by atoms with Crippen LogP contribution in [0.2, 0.25) is 0 Å². The van der Waals surface area contributed by atoms with E-state index in [-0.39, 0.29) is 19.1 Å². The van der Waals surface area contributed by atoms with Crippen LogP contribution in [0.15, 0.2) is 12.1 Å². The van der Waals surface area contributed by atoms with E-state index in [4.69, 9.17) is 5.11 Å². The second-order valence-corrected chi connectivity index (χ2v) is 6.08. The van der Waals surface area contributed by atoms with E-state index in [0.717, 1.165) is 16.2 Å². The van der Waals surface area contributed by atoms with Gasteiger partial charge in [0.15, 0.2) is 0 Å². The van der Waals surface area contributed by atoms with Gasteiger partial charge >= 0.3 is 5.97 Å². The smallest absolute Gasteiger partial charge is 0.308 e. The van der Waals surface area contributed by atoms with Crippen LogP contribution < -0.4 is 5.32 Å². The van der Waals surface area contributed by atoms with Crippen LogP contribution >= 0.6 is 11.3 Å². The third kappa shape index (κ3) is 5.62. The molecule has 0 fully saturated rings. The highest BCUT2D eigenvalue weighted by Gasteiger charge is 2.10. The molecule has 0 amide bonds. The van der Waals surface area contributed by atoms with Crippen molar-refractivity contribution >= 4 is 17.3 Å². The number of aliphatic carboxylic acids is 1. The van der Waals surface area contributed by atoms with Crippen molar-refractivity contribution in [1.29, 1.82) is 0 Å². The van der Waals surface area contributed by atoms with E-state index < -0.39 is 5.97 Å². The Hall–Kier alpha value is -0.910. The molecule has 1 aromatic heterocycles. The normalized spacial score (nSPS) is 12.9. The Bertz CT molecular complexity index is 376. The quantitative estimate of drug-likeness (QED) is 0.675. The molecular formula is C13H21NO3S. The number of hydrogen-bond acceptors (Lipinski definition) is 4. The zero-order valence-electron chi connectivity index (χ0n) is 10.8. The maximum atomic E-state index is 10.6. The number of rotatable bonds is 8. The summed E-state index contributed by atoms with van der Waals surface area (Å²) in [6.45, 7) is 5.06. The van der Waals surface area contributed by atoms with Crippen molar-refractivity contribution in [3.63, 3.8) is 0 Å². The van der Waals surface area contributed by atoms with Crippen molar-refractivity contribution < 1.29 is 15.0 Å². The van der Waals surface area contributed by atoms with Crippen LogP contribution in [0.4, 0.5) is 0 Å². The fourth-order valence-corrected chi connectivity index (χ4v) is 2.76. The van der Waals surface area contributed by atoms with Crippen LogP contribution in [0.1, 0.15) is 30.0 Å². The van der Waals surface area contributed by atoms with Gasteiger partial charge in [0, 0.05) is 22.3 Å². The van der Waals surface area contributed by atoms with E-state index in [2.05, 4.69) is 19.2 Å². The maximum Gasteiger partial charge on any atom is 0.308 e. The molecule has 1 rings (SSSR count). The Kier molecular flexibility index (Phi) is 6.32. The first kappa shape index (κ1) is 15.1. The fourth-order valence-electron chi connectivity index (χ4n) is 1.80. The topological polar surface area (TPSA) is 69.6 Å². The molecule has 0 aromatic carbocycles. The number of aliphatic hydroxyl groups is 1. The van der Waals surface area contributed by atoms with Crippen LogP contribution in [0.25, 0.3) is 0 Å². The number of nitrogens with one attached hydrogen (secondary N) is 1. The van der Waals surface area contributed by atoms with Crippen LogP contribution in [-0.2, 0) is 17.8 Å². The molecule has 0 radical (unpaired) electrons. The SMILES string of the molecule is CC(C)CC(CO)NCc1ccc(CC(=O)O)s1. The number of carboxylic acids is 1. The maximum absolute atomic E-state index is 10.6. The molecule has 0 aliphatic rings. The highest BCUT2D eigenvalue weighted by atomic mass is 32.1. The molecule has 0 saturated carbocycles. The first-order valence-corrected chi connectivity index (χ1v) is 6.96. The van der Waals surface area contributed by atoms with Crippen LogP contribution in [-0.4, -0.2) is 28.8 Å². The summed E-state index contributed by atoms with van der Waals surface area (Å²) in [6.07, 6.45) is 1.02. The molecule has 0 bridgehead atoms. The van der Waals surface area contributed by atoms with Gasteiger partial charge in [-0.1, -0.05) is 13.8 Å². The molecule has 0 saturated heterocycles. The number of hydrogen-bond donors (Lipinski definition) is 3. The summed E-state index contributed by atoms with van der Waals surface area (Å²) >= 11 is 1.51. The van der Waals surface area contributed by atoms with Gasteiger partial charge < -0.3 is 15.5 Å². The largest absolute Gasteiger partial charge is 0.481 e. The summed E-state index contributed by atoms with van der Waals surface area (Å²) in [5, 5.41) is 21.2. The third-order valence-corrected chi connectivity index (χ3v) is 3.67. The number of aliphatic hydroxyl groups excluding tert-OH is 1. The Morgan fingerprint density at radius 3 is 2.61 bits per heavy atom. The molecule has 1 aromatic rings. The summed E-state index contributed by atoms with van der Waals surface area (Å²) in [5.74, 6) is -0.259. The van der Waals surface area contributed by atoms with E-state index >= 15 is 0 Å². The lowest BCUT2D eigenvalue weighted by molar-refractivity contribution is -0.136. The third-order valence-electron chi connectivity index (χ3n) is 2.58. The van der Waals surface area contributed by atoms with Crippen LogP contribution in [0.3, 0.4) is 0 Å². The minimum absolute atomic E-state index is 0.0834. The van der Waals surface area contributed by atoms with E-state index in [9.17, 15) is 9.90 Å². The Balaban J connectivity index is 2.42. The van der Waals surface area contributed by atoms with Gasteiger partial charge in [0.1, 0.15) is 0 Å². The molecule has 3 N–H and O–H groups in total. The summed E-state index contributed by atoms with van der Waals surface area (Å²) < 4.78 is 0. The fraction of sp³-hybridized carbons (Fsp3) is 0.615. The van der Waals surface area contributed by atoms with Gasteiger partial charge in [-0.3, -0.25) is 4.79 Å². The van der Waals surface area contributed by atoms with E-state index in [1.165, 1.54) is 11.3 Å². The van der Waals surface area contributed by atoms with Crippen LogP contribution in [0.5, 0.6) is 0 Å². The van der Waals surface area contributed by atoms with Crippen molar-refractivity contribution in [2.24, 2.45) is 5.92 Å². The molecule has 18 heavy (non-hydrogen) atoms. The first-order valence-electron chi connectivity index (χ1n) is 6.15. The molecule has 102 valence electrons. The Morgan fingerprint density at radius 2 is 2.06 bits per heavy atom. The molecule has 0 aliphatic carbocycles. The van der Waals surface area contributed by atoms with E-state index in [1.54, 1.807) is 0 Å². The zero-order valence-corrected chi connectivity index (χ0v) is 11.7. The minimum atomic E-state index is -0.801. The van der Waals surface area contributed by atoms with Gasteiger partial charge in [0.25, 0.3) is 0 Å². The monoisotopic (exact) mass is 271 g/mol. The predicted octanol–water partition coefficient (Wildman–Crippen LogP) is 1.87. The van der Waals surface area contributed by atoms with Crippen molar-refractivity contribution in [1.82, 2.24) is 5.32 Å². The highest BCUT2D eigenvalue weighted by Crippen LogP contribution is 2.17. The second-order valence-electron chi connectivity index (χ2n) is 4.83. The van der Waals surface area contributed by atoms with Gasteiger partial charge in [0.2, 0.25) is 0 Å². The number of carbonyl (C=O) groups is 1. The lowest BCUT2D eigenvalue weighted by Gasteiger charge is -2.17. The van der Waals surface area contributed by atoms with E-state index in [0.29, 0.717) is 12.5 Å². The van der Waals surface area contributed by atoms with Crippen molar-refractivity contribution in [2.75, 3.05) is 6.61 Å². The van der Waals surface area contributed by atoms with Gasteiger partial charge in [-0.15, -0.1) is 11.3 Å². The number of thiophene rings is 1. The standard InChI is InChI=1S/C13H21NO3S/c1-9(2)5-10(8-15)14-7-12-4-3-11(18-12)6-13(16)17/h3-4,9-10,14-15H,5-8H2,1-2H3,(H,16,17). The van der Waals surface area contributed by atoms with Crippen molar-refractivity contribution in [3.05, 3.63) is 21.9 Å². The average molecular weight is 271 g/mol. The predicted molar refractivity (Wildman–Crippen MR) is 72.8 cm³/mol. The van der Waals surface area contributed by atoms with Crippen molar-refractivity contribution in [2.45, 2.75) is 39.3 Å². The lowest BCUT2D eigenvalue weighted by Crippen LogP contribution is -2.32. The Labute approximate surface area is 112 Å². The summed E-state index contributed by atoms with van der Waals surface area (Å²) in [7, 11) is 0. The second kappa shape index (κ2) is 7.51. The molecule has 0 spiro atoms. The molecule has 4 nitrogen and oxygen atoms in total. The Morgan fingerprint density at radius 1 is 1.39 bits per heavy atom. The molecular weight excluding hydrogens is 250 g/mol. The molecule has 0 aliphatic heterocycles. The zero-order chi connectivity index (χ0) is 13.5. The summed E-state index contributed by atoms with van der Waals surface area (Å²) in [6, 6.07) is 3.90. The van der Waals surface area contributed by atoms with E-state index in [1.807, 2.05) is 12.1 Å². The minimum Gasteiger partial charge on any atom is -0.481 e. The highest BCUT2D eigenvalue weighted by molar-refractivity contribution is 7.12. The first-order chi connectivity index (χ1) is 8.51. The summed E-state index contributed by atoms with van der Waals surface area (Å²) in [4.78, 5) is 12.5. The molecule has 1 heterocycles. The van der Waals surface area contributed by atoms with Gasteiger partial charge in [0.05, 0.1) is 13.0 Å². The van der Waals surface area contributed by atoms with Crippen LogP contribution in [0, 0.1) is 5.92 Å². The lowest BCUT2D eigenvalue weighted by atomic mass is 10.0. The number of carboxylic acid groups (broad SMARTS) is 1.